The molecule has 0 spiro atoms. The molecule has 7 heteroatoms. The Balaban J connectivity index is 1.82. The molecule has 0 aliphatic rings. The highest BCUT2D eigenvalue weighted by Gasteiger charge is 2.05. The van der Waals surface area contributed by atoms with Crippen molar-refractivity contribution in [3.63, 3.8) is 0 Å². The number of aromatic nitrogens is 4. The number of nitrogens with one attached hydrogen (secondary N) is 2. The quantitative estimate of drug-likeness (QED) is 0.645. The number of halogens is 1. The van der Waals surface area contributed by atoms with Gasteiger partial charge in [0.05, 0.1) is 5.69 Å². The number of aromatic hydroxyl groups is 1. The largest absolute Gasteiger partial charge is 0.508 e. The molecule has 0 saturated carbocycles. The van der Waals surface area contributed by atoms with Crippen LogP contribution in [0.4, 0.5) is 11.6 Å². The third-order valence-electron chi connectivity index (χ3n) is 2.64. The number of hydrogen-bond donors (Lipinski definition) is 3. The first-order valence-corrected chi connectivity index (χ1v) is 6.19. The fraction of sp³-hybridized carbons (Fsp3) is 0. The van der Waals surface area contributed by atoms with Gasteiger partial charge < -0.3 is 10.4 Å². The normalized spacial score (nSPS) is 10.4. The molecule has 0 radical (unpaired) electrons. The molecule has 0 amide bonds. The SMILES string of the molecule is Oc1ccc(-c2cc(Nc3ccnc(Cl)n3)n[nH]2)cc1. The number of phenolic OH excluding ortho intramolecular Hbond substituents is 1. The molecule has 0 fully saturated rings. The minimum absolute atomic E-state index is 0.171. The van der Waals surface area contributed by atoms with E-state index in [1.165, 1.54) is 0 Å². The second kappa shape index (κ2) is 5.18. The van der Waals surface area contributed by atoms with Gasteiger partial charge in [0, 0.05) is 12.3 Å². The standard InChI is InChI=1S/C13H10ClN5O/c14-13-15-6-5-11(17-13)16-12-7-10(18-19-12)8-1-3-9(20)4-2-8/h1-7,20H,(H2,15,16,17,18,19). The van der Waals surface area contributed by atoms with Crippen molar-refractivity contribution in [2.75, 3.05) is 5.32 Å². The van der Waals surface area contributed by atoms with Crippen LogP contribution in [0.25, 0.3) is 11.3 Å². The van der Waals surface area contributed by atoms with E-state index >= 15 is 0 Å². The minimum atomic E-state index is 0.171. The molecular formula is C13H10ClN5O. The zero-order valence-corrected chi connectivity index (χ0v) is 11.0. The lowest BCUT2D eigenvalue weighted by Gasteiger charge is -2.00. The second-order valence-electron chi connectivity index (χ2n) is 4.05. The van der Waals surface area contributed by atoms with E-state index in [0.717, 1.165) is 11.3 Å². The van der Waals surface area contributed by atoms with Gasteiger partial charge in [-0.3, -0.25) is 5.10 Å². The third kappa shape index (κ3) is 2.70. The molecule has 6 nitrogen and oxygen atoms in total. The van der Waals surface area contributed by atoms with Crippen LogP contribution in [0.3, 0.4) is 0 Å². The predicted octanol–water partition coefficient (Wildman–Crippen LogP) is 2.97. The van der Waals surface area contributed by atoms with Gasteiger partial charge in [0.25, 0.3) is 0 Å². The lowest BCUT2D eigenvalue weighted by Crippen LogP contribution is -1.94. The van der Waals surface area contributed by atoms with Crippen LogP contribution < -0.4 is 5.32 Å². The molecule has 100 valence electrons. The van der Waals surface area contributed by atoms with Crippen LogP contribution in [0, 0.1) is 0 Å². The van der Waals surface area contributed by atoms with Crippen LogP contribution in [0.15, 0.2) is 42.6 Å². The van der Waals surface area contributed by atoms with Gasteiger partial charge in [-0.1, -0.05) is 0 Å². The predicted molar refractivity (Wildman–Crippen MR) is 76.0 cm³/mol. The Morgan fingerprint density at radius 1 is 1.10 bits per heavy atom. The van der Waals surface area contributed by atoms with Crippen LogP contribution in [0.5, 0.6) is 5.75 Å². The highest BCUT2D eigenvalue weighted by molar-refractivity contribution is 6.28. The number of phenols is 1. The molecule has 0 aliphatic carbocycles. The lowest BCUT2D eigenvalue weighted by molar-refractivity contribution is 0.475. The van der Waals surface area contributed by atoms with Crippen molar-refractivity contribution in [1.82, 2.24) is 20.2 Å². The van der Waals surface area contributed by atoms with Crippen LogP contribution in [0.1, 0.15) is 0 Å². The molecule has 0 saturated heterocycles. The number of aromatic amines is 1. The van der Waals surface area contributed by atoms with E-state index in [1.807, 2.05) is 6.07 Å². The Labute approximate surface area is 119 Å². The number of hydrogen-bond acceptors (Lipinski definition) is 5. The van der Waals surface area contributed by atoms with E-state index in [9.17, 15) is 5.11 Å². The number of anilines is 2. The van der Waals surface area contributed by atoms with E-state index in [2.05, 4.69) is 25.5 Å². The van der Waals surface area contributed by atoms with E-state index < -0.39 is 0 Å². The van der Waals surface area contributed by atoms with Crippen LogP contribution in [-0.4, -0.2) is 25.3 Å². The summed E-state index contributed by atoms with van der Waals surface area (Å²) in [6, 6.07) is 10.4. The van der Waals surface area contributed by atoms with Crippen LogP contribution >= 0.6 is 11.6 Å². The van der Waals surface area contributed by atoms with Crippen molar-refractivity contribution in [2.24, 2.45) is 0 Å². The van der Waals surface area contributed by atoms with Crippen LogP contribution in [-0.2, 0) is 0 Å². The summed E-state index contributed by atoms with van der Waals surface area (Å²) in [6.45, 7) is 0. The summed E-state index contributed by atoms with van der Waals surface area (Å²) in [5, 5.41) is 19.5. The Hall–Kier alpha value is -2.60. The molecule has 0 unspecified atom stereocenters. The van der Waals surface area contributed by atoms with Crippen molar-refractivity contribution in [3.8, 4) is 17.0 Å². The topological polar surface area (TPSA) is 86.7 Å². The average molecular weight is 288 g/mol. The van der Waals surface area contributed by atoms with Gasteiger partial charge in [-0.2, -0.15) is 5.10 Å². The number of rotatable bonds is 3. The van der Waals surface area contributed by atoms with Crippen molar-refractivity contribution >= 4 is 23.2 Å². The van der Waals surface area contributed by atoms with Gasteiger partial charge in [0.1, 0.15) is 11.6 Å². The van der Waals surface area contributed by atoms with Crippen molar-refractivity contribution < 1.29 is 5.11 Å². The van der Waals surface area contributed by atoms with Crippen LogP contribution in [0.2, 0.25) is 5.28 Å². The summed E-state index contributed by atoms with van der Waals surface area (Å²) in [7, 11) is 0. The first kappa shape index (κ1) is 12.4. The number of nitrogens with zero attached hydrogens (tertiary/aromatic N) is 3. The maximum absolute atomic E-state index is 9.26. The summed E-state index contributed by atoms with van der Waals surface area (Å²) < 4.78 is 0. The first-order valence-electron chi connectivity index (χ1n) is 5.81. The lowest BCUT2D eigenvalue weighted by atomic mass is 10.1. The summed E-state index contributed by atoms with van der Waals surface area (Å²) in [5.74, 6) is 1.40. The second-order valence-corrected chi connectivity index (χ2v) is 4.39. The van der Waals surface area contributed by atoms with Gasteiger partial charge in [-0.05, 0) is 47.5 Å². The summed E-state index contributed by atoms with van der Waals surface area (Å²) in [5.41, 5.74) is 1.75. The molecule has 0 aliphatic heterocycles. The van der Waals surface area contributed by atoms with Crippen molar-refractivity contribution in [2.45, 2.75) is 0 Å². The molecule has 0 bridgehead atoms. The van der Waals surface area contributed by atoms with E-state index in [1.54, 1.807) is 36.5 Å². The first-order chi connectivity index (χ1) is 9.70. The number of benzene rings is 1. The monoisotopic (exact) mass is 287 g/mol. The van der Waals surface area contributed by atoms with Gasteiger partial charge >= 0.3 is 0 Å². The maximum Gasteiger partial charge on any atom is 0.224 e. The van der Waals surface area contributed by atoms with Gasteiger partial charge in [-0.25, -0.2) is 9.97 Å². The Kier molecular flexibility index (Phi) is 3.22. The zero-order chi connectivity index (χ0) is 13.9. The summed E-state index contributed by atoms with van der Waals surface area (Å²) >= 11 is 5.71. The van der Waals surface area contributed by atoms with E-state index in [0.29, 0.717) is 11.6 Å². The molecule has 0 atom stereocenters. The molecule has 2 heterocycles. The zero-order valence-electron chi connectivity index (χ0n) is 10.2. The fourth-order valence-electron chi connectivity index (χ4n) is 1.71. The highest BCUT2D eigenvalue weighted by Crippen LogP contribution is 2.23. The van der Waals surface area contributed by atoms with Gasteiger partial charge in [0.15, 0.2) is 5.82 Å². The fourth-order valence-corrected chi connectivity index (χ4v) is 1.86. The average Bonchev–Trinajstić information content (AvgIpc) is 2.88. The summed E-state index contributed by atoms with van der Waals surface area (Å²) in [4.78, 5) is 7.82. The molecular weight excluding hydrogens is 278 g/mol. The maximum atomic E-state index is 9.26. The summed E-state index contributed by atoms with van der Waals surface area (Å²) in [6.07, 6.45) is 1.56. The Morgan fingerprint density at radius 2 is 1.90 bits per heavy atom. The third-order valence-corrected chi connectivity index (χ3v) is 2.82. The Bertz CT molecular complexity index is 726. The Morgan fingerprint density at radius 3 is 2.65 bits per heavy atom. The van der Waals surface area contributed by atoms with E-state index in [4.69, 9.17) is 11.6 Å². The highest BCUT2D eigenvalue weighted by atomic mass is 35.5. The van der Waals surface area contributed by atoms with Crippen molar-refractivity contribution in [1.29, 1.82) is 0 Å². The van der Waals surface area contributed by atoms with Gasteiger partial charge in [-0.15, -0.1) is 0 Å². The molecule has 3 N–H and O–H groups in total. The minimum Gasteiger partial charge on any atom is -0.508 e. The number of H-pyrrole nitrogens is 1. The molecule has 3 aromatic rings. The van der Waals surface area contributed by atoms with E-state index in [-0.39, 0.29) is 11.0 Å². The smallest absolute Gasteiger partial charge is 0.224 e. The molecule has 1 aromatic carbocycles. The van der Waals surface area contributed by atoms with Gasteiger partial charge in [0.2, 0.25) is 5.28 Å². The molecule has 2 aromatic heterocycles. The molecule has 3 rings (SSSR count). The van der Waals surface area contributed by atoms with Crippen molar-refractivity contribution in [3.05, 3.63) is 47.9 Å². The molecule has 20 heavy (non-hydrogen) atoms.